The van der Waals surface area contributed by atoms with Gasteiger partial charge in [0.05, 0.1) is 5.60 Å². The standard InChI is InChI=1S/C23H35F2NO/c1-6-16-14-22(7-2,18-12-11-17(24)13-20(18)25)15-19-21(16)26(10-5)27-23(19,8-3)9-4/h11-13,16,19,21H,6-10,14-15H2,1-5H3/t16-,19+,21+,22+/m0/s1. The summed E-state index contributed by atoms with van der Waals surface area (Å²) in [5.74, 6) is -0.0697. The molecule has 152 valence electrons. The predicted octanol–water partition coefficient (Wildman–Crippen LogP) is 6.24. The molecule has 1 aliphatic carbocycles. The molecule has 2 nitrogen and oxygen atoms in total. The van der Waals surface area contributed by atoms with Gasteiger partial charge in [0.1, 0.15) is 11.6 Å². The smallest absolute Gasteiger partial charge is 0.129 e. The first-order valence-electron chi connectivity index (χ1n) is 10.8. The van der Waals surface area contributed by atoms with Crippen LogP contribution in [0.3, 0.4) is 0 Å². The lowest BCUT2D eigenvalue weighted by Gasteiger charge is -2.49. The minimum absolute atomic E-state index is 0.175. The van der Waals surface area contributed by atoms with Crippen LogP contribution < -0.4 is 0 Å². The lowest BCUT2D eigenvalue weighted by molar-refractivity contribution is -0.210. The first kappa shape index (κ1) is 20.7. The third-order valence-electron chi connectivity index (χ3n) is 7.68. The Morgan fingerprint density at radius 2 is 1.74 bits per heavy atom. The molecule has 1 heterocycles. The van der Waals surface area contributed by atoms with E-state index >= 15 is 0 Å². The molecule has 0 unspecified atom stereocenters. The van der Waals surface area contributed by atoms with Gasteiger partial charge in [-0.05, 0) is 55.1 Å². The van der Waals surface area contributed by atoms with Crippen molar-refractivity contribution in [3.8, 4) is 0 Å². The second-order valence-electron chi connectivity index (χ2n) is 8.53. The molecule has 1 saturated heterocycles. The highest BCUT2D eigenvalue weighted by atomic mass is 19.1. The minimum Gasteiger partial charge on any atom is -0.292 e. The van der Waals surface area contributed by atoms with Crippen molar-refractivity contribution >= 4 is 0 Å². The molecule has 0 amide bonds. The molecular weight excluding hydrogens is 344 g/mol. The number of hydrogen-bond donors (Lipinski definition) is 0. The van der Waals surface area contributed by atoms with Crippen LogP contribution >= 0.6 is 0 Å². The summed E-state index contributed by atoms with van der Waals surface area (Å²) >= 11 is 0. The highest BCUT2D eigenvalue weighted by Gasteiger charge is 2.59. The predicted molar refractivity (Wildman–Crippen MR) is 105 cm³/mol. The molecule has 0 radical (unpaired) electrons. The maximum atomic E-state index is 14.9. The van der Waals surface area contributed by atoms with Crippen LogP contribution in [0, 0.1) is 23.5 Å². The summed E-state index contributed by atoms with van der Waals surface area (Å²) in [5, 5.41) is 2.21. The van der Waals surface area contributed by atoms with Crippen molar-refractivity contribution < 1.29 is 13.6 Å². The number of rotatable bonds is 6. The van der Waals surface area contributed by atoms with Crippen LogP contribution in [0.25, 0.3) is 0 Å². The third kappa shape index (κ3) is 3.23. The van der Waals surface area contributed by atoms with Crippen molar-refractivity contribution in [2.75, 3.05) is 6.54 Å². The van der Waals surface area contributed by atoms with E-state index in [9.17, 15) is 8.78 Å². The molecule has 4 heteroatoms. The van der Waals surface area contributed by atoms with Gasteiger partial charge in [0.2, 0.25) is 0 Å². The molecule has 0 N–H and O–H groups in total. The van der Waals surface area contributed by atoms with Gasteiger partial charge in [-0.25, -0.2) is 8.78 Å². The molecule has 27 heavy (non-hydrogen) atoms. The Kier molecular flexibility index (Phi) is 5.98. The fourth-order valence-corrected chi connectivity index (χ4v) is 6.05. The van der Waals surface area contributed by atoms with Crippen molar-refractivity contribution in [3.63, 3.8) is 0 Å². The van der Waals surface area contributed by atoms with Gasteiger partial charge in [-0.1, -0.05) is 47.1 Å². The molecule has 0 spiro atoms. The van der Waals surface area contributed by atoms with Crippen LogP contribution in [0.2, 0.25) is 0 Å². The summed E-state index contributed by atoms with van der Waals surface area (Å²) in [6.45, 7) is 11.8. The molecule has 1 aromatic rings. The lowest BCUT2D eigenvalue weighted by atomic mass is 9.55. The summed E-state index contributed by atoms with van der Waals surface area (Å²) < 4.78 is 28.4. The van der Waals surface area contributed by atoms with E-state index in [4.69, 9.17) is 4.84 Å². The maximum absolute atomic E-state index is 14.9. The van der Waals surface area contributed by atoms with E-state index < -0.39 is 11.6 Å². The van der Waals surface area contributed by atoms with E-state index in [1.165, 1.54) is 6.07 Å². The van der Waals surface area contributed by atoms with Crippen molar-refractivity contribution in [3.05, 3.63) is 35.4 Å². The number of hydroxylamine groups is 2. The van der Waals surface area contributed by atoms with Crippen LogP contribution in [0.4, 0.5) is 8.78 Å². The molecular formula is C23H35F2NO. The van der Waals surface area contributed by atoms with Crippen molar-refractivity contribution in [2.45, 2.75) is 90.2 Å². The quantitative estimate of drug-likeness (QED) is 0.580. The average molecular weight is 380 g/mol. The molecule has 1 saturated carbocycles. The monoisotopic (exact) mass is 379 g/mol. The number of hydrogen-bond acceptors (Lipinski definition) is 2. The number of fused-ring (bicyclic) bond motifs is 1. The van der Waals surface area contributed by atoms with E-state index in [1.54, 1.807) is 6.07 Å². The van der Waals surface area contributed by atoms with Crippen LogP contribution in [0.1, 0.15) is 78.7 Å². The van der Waals surface area contributed by atoms with Gasteiger partial charge < -0.3 is 0 Å². The first-order chi connectivity index (χ1) is 12.9. The Bertz CT molecular complexity index is 660. The molecule has 4 atom stereocenters. The van der Waals surface area contributed by atoms with Gasteiger partial charge in [0, 0.05) is 24.6 Å². The molecule has 3 rings (SSSR count). The Balaban J connectivity index is 2.09. The van der Waals surface area contributed by atoms with Gasteiger partial charge in [-0.3, -0.25) is 4.84 Å². The Morgan fingerprint density at radius 3 is 2.26 bits per heavy atom. The minimum atomic E-state index is -0.499. The Morgan fingerprint density at radius 1 is 1.04 bits per heavy atom. The van der Waals surface area contributed by atoms with E-state index in [-0.39, 0.29) is 11.0 Å². The zero-order chi connectivity index (χ0) is 19.8. The number of halogens is 2. The highest BCUT2D eigenvalue weighted by Crippen LogP contribution is 2.57. The first-order valence-corrected chi connectivity index (χ1v) is 10.8. The summed E-state index contributed by atoms with van der Waals surface area (Å²) in [7, 11) is 0. The van der Waals surface area contributed by atoms with E-state index in [0.29, 0.717) is 23.4 Å². The van der Waals surface area contributed by atoms with Crippen LogP contribution in [0.5, 0.6) is 0 Å². The molecule has 1 aliphatic heterocycles. The van der Waals surface area contributed by atoms with Crippen LogP contribution in [0.15, 0.2) is 18.2 Å². The second kappa shape index (κ2) is 7.79. The number of benzene rings is 1. The molecule has 1 aromatic carbocycles. The Labute approximate surface area is 163 Å². The van der Waals surface area contributed by atoms with E-state index in [1.807, 2.05) is 0 Å². The summed E-state index contributed by atoms with van der Waals surface area (Å²) in [4.78, 5) is 6.58. The largest absolute Gasteiger partial charge is 0.292 e. The maximum Gasteiger partial charge on any atom is 0.129 e. The van der Waals surface area contributed by atoms with Gasteiger partial charge in [-0.15, -0.1) is 0 Å². The summed E-state index contributed by atoms with van der Waals surface area (Å²) in [6, 6.07) is 4.55. The van der Waals surface area contributed by atoms with E-state index in [0.717, 1.165) is 51.1 Å². The van der Waals surface area contributed by atoms with Gasteiger partial charge in [0.15, 0.2) is 0 Å². The fourth-order valence-electron chi connectivity index (χ4n) is 6.05. The molecule has 0 aromatic heterocycles. The summed E-state index contributed by atoms with van der Waals surface area (Å²) in [6.07, 6.45) is 5.69. The van der Waals surface area contributed by atoms with Gasteiger partial charge in [-0.2, -0.15) is 5.06 Å². The summed E-state index contributed by atoms with van der Waals surface area (Å²) in [5.41, 5.74) is 0.271. The second-order valence-corrected chi connectivity index (χ2v) is 8.53. The fraction of sp³-hybridized carbons (Fsp3) is 0.739. The zero-order valence-corrected chi connectivity index (χ0v) is 17.5. The topological polar surface area (TPSA) is 12.5 Å². The normalized spacial score (nSPS) is 33.2. The SMILES string of the molecule is CC[C@H]1C[C@@](CC)(c2ccc(F)cc2F)C[C@@H]2[C@@H]1N(CC)OC2(CC)CC. The molecule has 2 fully saturated rings. The third-order valence-corrected chi connectivity index (χ3v) is 7.68. The zero-order valence-electron chi connectivity index (χ0n) is 17.5. The van der Waals surface area contributed by atoms with E-state index in [2.05, 4.69) is 39.7 Å². The van der Waals surface area contributed by atoms with Gasteiger partial charge in [0.25, 0.3) is 0 Å². The highest BCUT2D eigenvalue weighted by molar-refractivity contribution is 5.30. The van der Waals surface area contributed by atoms with Crippen LogP contribution in [-0.2, 0) is 10.3 Å². The number of nitrogens with zero attached hydrogens (tertiary/aromatic N) is 1. The van der Waals surface area contributed by atoms with Crippen molar-refractivity contribution in [1.82, 2.24) is 5.06 Å². The Hall–Kier alpha value is -1.00. The lowest BCUT2D eigenvalue weighted by Crippen LogP contribution is -2.51. The van der Waals surface area contributed by atoms with Gasteiger partial charge >= 0.3 is 0 Å². The average Bonchev–Trinajstić information content (AvgIpc) is 3.01. The van der Waals surface area contributed by atoms with Crippen molar-refractivity contribution in [2.24, 2.45) is 11.8 Å². The van der Waals surface area contributed by atoms with Crippen molar-refractivity contribution in [1.29, 1.82) is 0 Å². The molecule has 2 aliphatic rings. The molecule has 0 bridgehead atoms. The van der Waals surface area contributed by atoms with Crippen LogP contribution in [-0.4, -0.2) is 23.3 Å².